The van der Waals surface area contributed by atoms with Gasteiger partial charge in [0, 0.05) is 17.9 Å². The molecule has 0 saturated carbocycles. The van der Waals surface area contributed by atoms with Crippen molar-refractivity contribution < 1.29 is 14.3 Å². The summed E-state index contributed by atoms with van der Waals surface area (Å²) in [5.41, 5.74) is 7.06. The molecule has 0 bridgehead atoms. The highest BCUT2D eigenvalue weighted by Crippen LogP contribution is 2.15. The normalized spacial score (nSPS) is 11.9. The Labute approximate surface area is 219 Å². The van der Waals surface area contributed by atoms with Crippen LogP contribution in [0.4, 0.5) is 0 Å². The van der Waals surface area contributed by atoms with Crippen molar-refractivity contribution in [3.05, 3.63) is 35.9 Å². The summed E-state index contributed by atoms with van der Waals surface area (Å²) in [6, 6.07) is 9.27. The summed E-state index contributed by atoms with van der Waals surface area (Å²) in [6.45, 7) is 2.27. The summed E-state index contributed by atoms with van der Waals surface area (Å²) in [4.78, 5) is 23.9. The molecule has 2 N–H and O–H groups in total. The topological polar surface area (TPSA) is 69.4 Å². The van der Waals surface area contributed by atoms with Crippen LogP contribution in [-0.4, -0.2) is 23.7 Å². The summed E-state index contributed by atoms with van der Waals surface area (Å²) < 4.78 is 4.93. The molecule has 0 aliphatic carbocycles. The van der Waals surface area contributed by atoms with Gasteiger partial charge in [-0.1, -0.05) is 140 Å². The number of esters is 2. The number of unbranched alkanes of at least 4 members (excludes halogenated alkanes) is 16. The van der Waals surface area contributed by atoms with E-state index in [2.05, 4.69) is 6.92 Å². The van der Waals surface area contributed by atoms with E-state index in [1.165, 1.54) is 95.5 Å². The van der Waals surface area contributed by atoms with Crippen LogP contribution in [0, 0.1) is 0 Å². The predicted octanol–water partition coefficient (Wildman–Crippen LogP) is 8.36. The lowest BCUT2D eigenvalue weighted by Crippen LogP contribution is -2.36. The fourth-order valence-corrected chi connectivity index (χ4v) is 5.12. The van der Waals surface area contributed by atoms with Crippen molar-refractivity contribution in [3.8, 4) is 0 Å². The molecule has 0 spiro atoms. The number of carbonyl (C=O) groups is 2. The first kappa shape index (κ1) is 31.7. The number of hydrogen-bond donors (Lipinski definition) is 1. The number of nitrogens with two attached hydrogens (primary N) is 1. The molecule has 0 radical (unpaired) electrons. The minimum absolute atomic E-state index is 0.300. The van der Waals surface area contributed by atoms with Gasteiger partial charge in [-0.15, -0.1) is 0 Å². The van der Waals surface area contributed by atoms with E-state index < -0.39 is 18.0 Å². The van der Waals surface area contributed by atoms with Crippen molar-refractivity contribution in [2.45, 2.75) is 134 Å². The Morgan fingerprint density at radius 3 is 1.69 bits per heavy atom. The Balaban J connectivity index is 1.85. The van der Waals surface area contributed by atoms with Crippen LogP contribution < -0.4 is 5.73 Å². The van der Waals surface area contributed by atoms with Gasteiger partial charge in [0.15, 0.2) is 0 Å². The van der Waals surface area contributed by atoms with E-state index in [-0.39, 0.29) is 0 Å². The number of carbonyl (C=O) groups excluding carboxylic acids is 2. The van der Waals surface area contributed by atoms with Crippen LogP contribution in [0.5, 0.6) is 0 Å². The molecule has 5 heteroatoms. The van der Waals surface area contributed by atoms with Crippen molar-refractivity contribution in [3.63, 3.8) is 0 Å². The minimum Gasteiger partial charge on any atom is -0.392 e. The first-order valence-corrected chi connectivity index (χ1v) is 15.4. The number of rotatable bonds is 23. The average molecular weight is 506 g/mol. The molecule has 0 aromatic heterocycles. The Bertz CT molecular complexity index is 638. The van der Waals surface area contributed by atoms with E-state index in [1.54, 1.807) is 11.8 Å². The molecule has 0 amide bonds. The highest BCUT2D eigenvalue weighted by molar-refractivity contribution is 7.98. The minimum atomic E-state index is -0.761. The summed E-state index contributed by atoms with van der Waals surface area (Å²) in [5.74, 6) is 0.178. The third-order valence-corrected chi connectivity index (χ3v) is 7.54. The maximum absolute atomic E-state index is 12.0. The fourth-order valence-electron chi connectivity index (χ4n) is 4.18. The zero-order chi connectivity index (χ0) is 25.4. The number of thioether (sulfide) groups is 1. The molecule has 1 atom stereocenters. The Kier molecular flexibility index (Phi) is 20.9. The zero-order valence-corrected chi connectivity index (χ0v) is 23.1. The molecule has 1 aromatic rings. The smallest absolute Gasteiger partial charge is 0.331 e. The lowest BCUT2D eigenvalue weighted by Gasteiger charge is -2.10. The Morgan fingerprint density at radius 1 is 0.743 bits per heavy atom. The quantitative estimate of drug-likeness (QED) is 0.0919. The van der Waals surface area contributed by atoms with Crippen LogP contribution in [0.15, 0.2) is 30.3 Å². The molecule has 35 heavy (non-hydrogen) atoms. The van der Waals surface area contributed by atoms with Crippen molar-refractivity contribution in [1.29, 1.82) is 0 Å². The van der Waals surface area contributed by atoms with Crippen LogP contribution in [0.1, 0.15) is 128 Å². The van der Waals surface area contributed by atoms with Crippen LogP contribution >= 0.6 is 11.8 Å². The number of hydrogen-bond acceptors (Lipinski definition) is 5. The monoisotopic (exact) mass is 505 g/mol. The van der Waals surface area contributed by atoms with E-state index in [4.69, 9.17) is 10.5 Å². The van der Waals surface area contributed by atoms with Crippen molar-refractivity contribution in [1.82, 2.24) is 0 Å². The standard InChI is InChI=1S/C30H51NO3S/c1-2-3-4-5-6-7-8-9-10-11-12-13-14-15-16-17-21-24-29(32)34-30(33)28(31)26-35-25-27-22-19-18-20-23-27/h18-20,22-23,28H,2-17,21,24-26,31H2,1H3/t28-/m0/s1. The highest BCUT2D eigenvalue weighted by Gasteiger charge is 2.18. The van der Waals surface area contributed by atoms with Crippen molar-refractivity contribution in [2.75, 3.05) is 5.75 Å². The average Bonchev–Trinajstić information content (AvgIpc) is 2.86. The Morgan fingerprint density at radius 2 is 1.20 bits per heavy atom. The first-order valence-electron chi connectivity index (χ1n) is 14.2. The summed E-state index contributed by atoms with van der Waals surface area (Å²) >= 11 is 1.57. The summed E-state index contributed by atoms with van der Waals surface area (Å²) in [5, 5.41) is 0. The molecule has 1 rings (SSSR count). The lowest BCUT2D eigenvalue weighted by atomic mass is 10.0. The van der Waals surface area contributed by atoms with E-state index in [0.717, 1.165) is 25.0 Å². The molecule has 1 aromatic carbocycles. The highest BCUT2D eigenvalue weighted by atomic mass is 32.2. The van der Waals surface area contributed by atoms with Gasteiger partial charge in [0.25, 0.3) is 0 Å². The second-order valence-electron chi connectivity index (χ2n) is 9.81. The molecule has 0 aliphatic rings. The van der Waals surface area contributed by atoms with Gasteiger partial charge in [0.2, 0.25) is 0 Å². The molecule has 0 saturated heterocycles. The molecular weight excluding hydrogens is 454 g/mol. The molecule has 0 aliphatic heterocycles. The predicted molar refractivity (Wildman–Crippen MR) is 150 cm³/mol. The number of benzene rings is 1. The van der Waals surface area contributed by atoms with Gasteiger partial charge in [0.1, 0.15) is 6.04 Å². The molecule has 0 fully saturated rings. The van der Waals surface area contributed by atoms with Crippen LogP contribution in [0.25, 0.3) is 0 Å². The zero-order valence-electron chi connectivity index (χ0n) is 22.3. The molecule has 0 unspecified atom stereocenters. The van der Waals surface area contributed by atoms with Gasteiger partial charge in [-0.05, 0) is 12.0 Å². The van der Waals surface area contributed by atoms with Crippen LogP contribution in [0.2, 0.25) is 0 Å². The molecule has 4 nitrogen and oxygen atoms in total. The van der Waals surface area contributed by atoms with E-state index in [9.17, 15) is 9.59 Å². The lowest BCUT2D eigenvalue weighted by molar-refractivity contribution is -0.160. The SMILES string of the molecule is CCCCCCCCCCCCCCCCCCCC(=O)OC(=O)[C@@H](N)CSCc1ccccc1. The second-order valence-corrected chi connectivity index (χ2v) is 10.8. The van der Waals surface area contributed by atoms with Crippen LogP contribution in [0.3, 0.4) is 0 Å². The van der Waals surface area contributed by atoms with Crippen molar-refractivity contribution in [2.24, 2.45) is 5.73 Å². The molecule has 200 valence electrons. The summed E-state index contributed by atoms with van der Waals surface area (Å²) in [7, 11) is 0. The van der Waals surface area contributed by atoms with E-state index in [1.807, 2.05) is 30.3 Å². The third-order valence-electron chi connectivity index (χ3n) is 6.41. The van der Waals surface area contributed by atoms with Gasteiger partial charge >= 0.3 is 11.9 Å². The fraction of sp³-hybridized carbons (Fsp3) is 0.733. The van der Waals surface area contributed by atoms with E-state index >= 15 is 0 Å². The maximum atomic E-state index is 12.0. The van der Waals surface area contributed by atoms with Gasteiger partial charge in [0.05, 0.1) is 0 Å². The third kappa shape index (κ3) is 19.5. The largest absolute Gasteiger partial charge is 0.392 e. The molecule has 0 heterocycles. The maximum Gasteiger partial charge on any atom is 0.331 e. The van der Waals surface area contributed by atoms with E-state index in [0.29, 0.717) is 12.2 Å². The van der Waals surface area contributed by atoms with Gasteiger partial charge < -0.3 is 10.5 Å². The molecular formula is C30H51NO3S. The van der Waals surface area contributed by atoms with Gasteiger partial charge in [-0.2, -0.15) is 11.8 Å². The Hall–Kier alpha value is -1.33. The number of ether oxygens (including phenoxy) is 1. The van der Waals surface area contributed by atoms with Crippen LogP contribution in [-0.2, 0) is 20.1 Å². The first-order chi connectivity index (χ1) is 17.1. The van der Waals surface area contributed by atoms with Gasteiger partial charge in [-0.25, -0.2) is 4.79 Å². The summed E-state index contributed by atoms with van der Waals surface area (Å²) in [6.07, 6.45) is 22.5. The van der Waals surface area contributed by atoms with Gasteiger partial charge in [-0.3, -0.25) is 4.79 Å². The second kappa shape index (κ2) is 23.1. The van der Waals surface area contributed by atoms with Crippen molar-refractivity contribution >= 4 is 23.7 Å².